The predicted octanol–water partition coefficient (Wildman–Crippen LogP) is 10.2. The van der Waals surface area contributed by atoms with Crippen LogP contribution >= 0.6 is 0 Å². The number of hydrogen-bond donors (Lipinski definition) is 0. The van der Waals surface area contributed by atoms with Gasteiger partial charge in [-0.25, -0.2) is 0 Å². The third kappa shape index (κ3) is 22.4. The fraction of sp³-hybridized carbons (Fsp3) is 1.00. The zero-order valence-electron chi connectivity index (χ0n) is 25.0. The van der Waals surface area contributed by atoms with E-state index >= 15 is 0 Å². The van der Waals surface area contributed by atoms with Crippen LogP contribution in [0.1, 0.15) is 168 Å². The van der Waals surface area contributed by atoms with Crippen molar-refractivity contribution in [1.29, 1.82) is 0 Å². The molecule has 2 atom stereocenters. The fourth-order valence-electron chi connectivity index (χ4n) is 5.44. The lowest BCUT2D eigenvalue weighted by Crippen LogP contribution is -2.33. The Balaban J connectivity index is 3.87. The zero-order valence-corrected chi connectivity index (χ0v) is 25.0. The molecule has 0 bridgehead atoms. The number of rotatable bonds is 27. The molecule has 0 aliphatic heterocycles. The molecular formula is C32H68N2. The van der Waals surface area contributed by atoms with Crippen LogP contribution in [-0.2, 0) is 0 Å². The Morgan fingerprint density at radius 2 is 0.559 bits per heavy atom. The zero-order chi connectivity index (χ0) is 25.3. The molecule has 0 aromatic carbocycles. The Bertz CT molecular complexity index is 343. The second-order valence-corrected chi connectivity index (χ2v) is 11.8. The SMILES string of the molecule is CCCCCCCCCCCCC(CCC(CCCCCCCCCCCC)N(C)C)N(C)C. The van der Waals surface area contributed by atoms with Crippen LogP contribution in [0.5, 0.6) is 0 Å². The average molecular weight is 481 g/mol. The van der Waals surface area contributed by atoms with Crippen LogP contribution in [0.2, 0.25) is 0 Å². The lowest BCUT2D eigenvalue weighted by molar-refractivity contribution is 0.205. The molecule has 0 aromatic rings. The van der Waals surface area contributed by atoms with Gasteiger partial charge in [-0.2, -0.15) is 0 Å². The summed E-state index contributed by atoms with van der Waals surface area (Å²) >= 11 is 0. The second-order valence-electron chi connectivity index (χ2n) is 11.8. The van der Waals surface area contributed by atoms with Crippen molar-refractivity contribution in [2.75, 3.05) is 28.2 Å². The van der Waals surface area contributed by atoms with E-state index in [1.54, 1.807) is 0 Å². The van der Waals surface area contributed by atoms with Crippen molar-refractivity contribution in [3.8, 4) is 0 Å². The first-order valence-electron chi connectivity index (χ1n) is 15.9. The molecule has 0 rings (SSSR count). The van der Waals surface area contributed by atoms with Crippen LogP contribution in [0.4, 0.5) is 0 Å². The van der Waals surface area contributed by atoms with Gasteiger partial charge in [-0.05, 0) is 53.9 Å². The Hall–Kier alpha value is -0.0800. The van der Waals surface area contributed by atoms with Gasteiger partial charge in [-0.15, -0.1) is 0 Å². The van der Waals surface area contributed by atoms with Gasteiger partial charge in [0.2, 0.25) is 0 Å². The van der Waals surface area contributed by atoms with Gasteiger partial charge in [0.15, 0.2) is 0 Å². The molecule has 34 heavy (non-hydrogen) atoms. The molecule has 0 N–H and O–H groups in total. The van der Waals surface area contributed by atoms with E-state index in [2.05, 4.69) is 51.8 Å². The standard InChI is InChI=1S/C32H68N2/c1-7-9-11-13-15-17-19-21-23-25-27-31(33(3)4)29-30-32(34(5)6)28-26-24-22-20-18-16-14-12-10-8-2/h31-32H,7-30H2,1-6H3. The van der Waals surface area contributed by atoms with Crippen molar-refractivity contribution >= 4 is 0 Å². The highest BCUT2D eigenvalue weighted by Crippen LogP contribution is 2.20. The van der Waals surface area contributed by atoms with Crippen molar-refractivity contribution in [2.24, 2.45) is 0 Å². The van der Waals surface area contributed by atoms with Gasteiger partial charge < -0.3 is 9.80 Å². The first-order valence-corrected chi connectivity index (χ1v) is 15.9. The van der Waals surface area contributed by atoms with Crippen LogP contribution in [0, 0.1) is 0 Å². The molecule has 0 saturated carbocycles. The molecule has 0 radical (unpaired) electrons. The van der Waals surface area contributed by atoms with Gasteiger partial charge in [0, 0.05) is 12.1 Å². The summed E-state index contributed by atoms with van der Waals surface area (Å²) < 4.78 is 0. The highest BCUT2D eigenvalue weighted by molar-refractivity contribution is 4.73. The molecule has 2 nitrogen and oxygen atoms in total. The number of unbranched alkanes of at least 4 members (excludes halogenated alkanes) is 18. The van der Waals surface area contributed by atoms with Crippen LogP contribution in [0.3, 0.4) is 0 Å². The molecule has 0 aromatic heterocycles. The summed E-state index contributed by atoms with van der Waals surface area (Å²) in [5.41, 5.74) is 0. The third-order valence-electron chi connectivity index (χ3n) is 8.08. The van der Waals surface area contributed by atoms with E-state index in [9.17, 15) is 0 Å². The molecule has 0 aliphatic carbocycles. The summed E-state index contributed by atoms with van der Waals surface area (Å²) in [6.45, 7) is 4.61. The second kappa shape index (κ2) is 26.0. The number of nitrogens with zero attached hydrogens (tertiary/aromatic N) is 2. The van der Waals surface area contributed by atoms with Crippen molar-refractivity contribution in [2.45, 2.75) is 180 Å². The molecule has 0 aliphatic rings. The molecule has 0 amide bonds. The topological polar surface area (TPSA) is 6.48 Å². The van der Waals surface area contributed by atoms with Crippen molar-refractivity contribution in [3.63, 3.8) is 0 Å². The van der Waals surface area contributed by atoms with Gasteiger partial charge >= 0.3 is 0 Å². The Morgan fingerprint density at radius 3 is 0.794 bits per heavy atom. The maximum atomic E-state index is 2.50. The lowest BCUT2D eigenvalue weighted by atomic mass is 9.95. The monoisotopic (exact) mass is 481 g/mol. The van der Waals surface area contributed by atoms with Crippen LogP contribution < -0.4 is 0 Å². The molecule has 0 heterocycles. The Kier molecular flexibility index (Phi) is 25.9. The summed E-state index contributed by atoms with van der Waals surface area (Å²) in [4.78, 5) is 5.00. The van der Waals surface area contributed by atoms with Gasteiger partial charge in [-0.3, -0.25) is 0 Å². The van der Waals surface area contributed by atoms with Crippen molar-refractivity contribution in [1.82, 2.24) is 9.80 Å². The van der Waals surface area contributed by atoms with Gasteiger partial charge in [0.25, 0.3) is 0 Å². The molecule has 0 fully saturated rings. The van der Waals surface area contributed by atoms with Crippen LogP contribution in [-0.4, -0.2) is 50.1 Å². The maximum absolute atomic E-state index is 2.50. The minimum atomic E-state index is 0.768. The van der Waals surface area contributed by atoms with E-state index in [1.807, 2.05) is 0 Å². The van der Waals surface area contributed by atoms with Crippen LogP contribution in [0.25, 0.3) is 0 Å². The number of hydrogen-bond acceptors (Lipinski definition) is 2. The van der Waals surface area contributed by atoms with E-state index in [1.165, 1.54) is 154 Å². The summed E-state index contributed by atoms with van der Waals surface area (Å²) in [5.74, 6) is 0. The Morgan fingerprint density at radius 1 is 0.324 bits per heavy atom. The summed E-state index contributed by atoms with van der Waals surface area (Å²) in [7, 11) is 9.20. The Labute approximate surface area is 218 Å². The first kappa shape index (κ1) is 33.9. The average Bonchev–Trinajstić information content (AvgIpc) is 2.81. The molecule has 0 spiro atoms. The summed E-state index contributed by atoms with van der Waals surface area (Å²) in [6.07, 6.45) is 34.3. The normalized spacial score (nSPS) is 13.8. The highest BCUT2D eigenvalue weighted by Gasteiger charge is 2.16. The molecular weight excluding hydrogens is 412 g/mol. The first-order chi connectivity index (χ1) is 16.5. The minimum absolute atomic E-state index is 0.768. The quantitative estimate of drug-likeness (QED) is 0.108. The predicted molar refractivity (Wildman–Crippen MR) is 157 cm³/mol. The van der Waals surface area contributed by atoms with Crippen molar-refractivity contribution < 1.29 is 0 Å². The van der Waals surface area contributed by atoms with E-state index in [0.717, 1.165) is 12.1 Å². The van der Waals surface area contributed by atoms with Crippen molar-refractivity contribution in [3.05, 3.63) is 0 Å². The molecule has 0 saturated heterocycles. The molecule has 206 valence electrons. The van der Waals surface area contributed by atoms with Crippen LogP contribution in [0.15, 0.2) is 0 Å². The largest absolute Gasteiger partial charge is 0.306 e. The highest BCUT2D eigenvalue weighted by atomic mass is 15.1. The van der Waals surface area contributed by atoms with E-state index in [4.69, 9.17) is 0 Å². The van der Waals surface area contributed by atoms with Gasteiger partial charge in [0.05, 0.1) is 0 Å². The van der Waals surface area contributed by atoms with E-state index in [0.29, 0.717) is 0 Å². The summed E-state index contributed by atoms with van der Waals surface area (Å²) in [6, 6.07) is 1.54. The van der Waals surface area contributed by atoms with E-state index in [-0.39, 0.29) is 0 Å². The molecule has 2 heteroatoms. The summed E-state index contributed by atoms with van der Waals surface area (Å²) in [5, 5.41) is 0. The maximum Gasteiger partial charge on any atom is 0.00897 e. The van der Waals surface area contributed by atoms with Gasteiger partial charge in [-0.1, -0.05) is 142 Å². The minimum Gasteiger partial charge on any atom is -0.306 e. The fourth-order valence-corrected chi connectivity index (χ4v) is 5.44. The smallest absolute Gasteiger partial charge is 0.00897 e. The van der Waals surface area contributed by atoms with Gasteiger partial charge in [0.1, 0.15) is 0 Å². The molecule has 2 unspecified atom stereocenters. The van der Waals surface area contributed by atoms with E-state index < -0.39 is 0 Å². The third-order valence-corrected chi connectivity index (χ3v) is 8.08. The lowest BCUT2D eigenvalue weighted by Gasteiger charge is -2.29.